The van der Waals surface area contributed by atoms with E-state index in [9.17, 15) is 19.2 Å². The van der Waals surface area contributed by atoms with Crippen LogP contribution in [0.4, 0.5) is 0 Å². The molecule has 0 aliphatic carbocycles. The molecule has 0 rings (SSSR count). The number of hydrogen-bond donors (Lipinski definition) is 4. The summed E-state index contributed by atoms with van der Waals surface area (Å²) in [4.78, 5) is 47.1. The molecule has 286 valence electrons. The summed E-state index contributed by atoms with van der Waals surface area (Å²) < 4.78 is 5.82. The molecule has 0 fully saturated rings. The van der Waals surface area contributed by atoms with Gasteiger partial charge in [-0.3, -0.25) is 14.4 Å². The Balaban J connectivity index is 3.77. The summed E-state index contributed by atoms with van der Waals surface area (Å²) in [5.41, 5.74) is 0. The van der Waals surface area contributed by atoms with Crippen LogP contribution < -0.4 is 10.6 Å². The Hall–Kier alpha value is -2.42. The van der Waals surface area contributed by atoms with Gasteiger partial charge in [-0.2, -0.15) is 0 Å². The van der Waals surface area contributed by atoms with Crippen LogP contribution in [0.15, 0.2) is 12.2 Å². The number of carboxylic acid groups (broad SMARTS) is 1. The number of amides is 2. The highest BCUT2D eigenvalue weighted by molar-refractivity contribution is 5.87. The van der Waals surface area contributed by atoms with Gasteiger partial charge >= 0.3 is 11.9 Å². The lowest BCUT2D eigenvalue weighted by Crippen LogP contribution is -2.47. The molecule has 49 heavy (non-hydrogen) atoms. The first-order valence-corrected chi connectivity index (χ1v) is 20.1. The molecular weight excluding hydrogens is 620 g/mol. The molecule has 0 radical (unpaired) electrons. The van der Waals surface area contributed by atoms with E-state index >= 15 is 0 Å². The van der Waals surface area contributed by atoms with E-state index in [4.69, 9.17) is 14.9 Å². The van der Waals surface area contributed by atoms with Crippen molar-refractivity contribution >= 4 is 23.8 Å². The van der Waals surface area contributed by atoms with Crippen molar-refractivity contribution in [2.24, 2.45) is 0 Å². The maximum absolute atomic E-state index is 12.5. The number of ether oxygens (including phenoxy) is 1. The molecule has 2 unspecified atom stereocenters. The first-order valence-electron chi connectivity index (χ1n) is 20.1. The van der Waals surface area contributed by atoms with E-state index < -0.39 is 24.5 Å². The number of hydrogen-bond acceptors (Lipinski definition) is 6. The summed E-state index contributed by atoms with van der Waals surface area (Å²) in [6.07, 6.45) is 35.9. The minimum Gasteiger partial charge on any atom is -0.480 e. The lowest BCUT2D eigenvalue weighted by Gasteiger charge is -2.18. The van der Waals surface area contributed by atoms with Crippen LogP contribution in [0.2, 0.25) is 0 Å². The number of aliphatic hydroxyl groups is 1. The van der Waals surface area contributed by atoms with Crippen molar-refractivity contribution in [2.75, 3.05) is 13.2 Å². The summed E-state index contributed by atoms with van der Waals surface area (Å²) >= 11 is 0. The number of allylic oxidation sites excluding steroid dienone is 2. The molecule has 0 spiro atoms. The van der Waals surface area contributed by atoms with Gasteiger partial charge in [0.05, 0.1) is 13.2 Å². The zero-order valence-corrected chi connectivity index (χ0v) is 31.5. The van der Waals surface area contributed by atoms with Crippen molar-refractivity contribution < 1.29 is 34.1 Å². The van der Waals surface area contributed by atoms with Crippen LogP contribution in [0.1, 0.15) is 194 Å². The lowest BCUT2D eigenvalue weighted by molar-refractivity contribution is -0.150. The highest BCUT2D eigenvalue weighted by atomic mass is 16.5. The predicted molar refractivity (Wildman–Crippen MR) is 199 cm³/mol. The number of aliphatic carboxylic acids is 1. The minimum absolute atomic E-state index is 0.0796. The van der Waals surface area contributed by atoms with E-state index in [1.807, 2.05) is 0 Å². The van der Waals surface area contributed by atoms with Crippen LogP contribution in [-0.2, 0) is 23.9 Å². The van der Waals surface area contributed by atoms with Gasteiger partial charge in [-0.05, 0) is 57.8 Å². The number of esters is 1. The van der Waals surface area contributed by atoms with Crippen LogP contribution in [0, 0.1) is 0 Å². The Labute approximate surface area is 299 Å². The molecule has 0 aromatic carbocycles. The van der Waals surface area contributed by atoms with E-state index in [0.717, 1.165) is 51.4 Å². The maximum Gasteiger partial charge on any atom is 0.328 e. The van der Waals surface area contributed by atoms with Crippen molar-refractivity contribution in [1.82, 2.24) is 10.6 Å². The molecule has 0 heterocycles. The fraction of sp³-hybridized carbons (Fsp3) is 0.850. The average molecular weight is 695 g/mol. The van der Waals surface area contributed by atoms with E-state index in [2.05, 4.69) is 36.6 Å². The molecule has 9 heteroatoms. The van der Waals surface area contributed by atoms with Crippen molar-refractivity contribution in [3.05, 3.63) is 12.2 Å². The number of carbonyl (C=O) groups excluding carboxylic acids is 3. The Morgan fingerprint density at radius 2 is 1.06 bits per heavy atom. The number of unbranched alkanes of at least 4 members (excludes halogenated alkanes) is 20. The monoisotopic (exact) mass is 695 g/mol. The van der Waals surface area contributed by atoms with E-state index in [1.165, 1.54) is 109 Å². The van der Waals surface area contributed by atoms with Crippen LogP contribution in [0.5, 0.6) is 0 Å². The zero-order valence-electron chi connectivity index (χ0n) is 31.5. The number of aliphatic hydroxyl groups excluding tert-OH is 1. The second-order valence-corrected chi connectivity index (χ2v) is 13.7. The standard InChI is InChI=1S/C40H74N2O7/c1-3-5-7-8-9-10-11-12-13-14-15-16-17-18-19-20-21-22-23-24-28-32-39(46)49-35(29-6-4-2)30-26-25-27-31-37(44)41-33-38(45)42-36(34-43)40(47)48/h14-15,35-36,43H,3-13,16-34H2,1-2H3,(H,41,44)(H,42,45)(H,47,48)/b15-14-. The average Bonchev–Trinajstić information content (AvgIpc) is 3.08. The van der Waals surface area contributed by atoms with E-state index in [0.29, 0.717) is 12.8 Å². The van der Waals surface area contributed by atoms with Gasteiger partial charge in [0, 0.05) is 12.8 Å². The van der Waals surface area contributed by atoms with Crippen molar-refractivity contribution in [3.63, 3.8) is 0 Å². The molecule has 4 N–H and O–H groups in total. The van der Waals surface area contributed by atoms with Crippen LogP contribution in [0.25, 0.3) is 0 Å². The van der Waals surface area contributed by atoms with Gasteiger partial charge in [0.15, 0.2) is 0 Å². The molecule has 0 saturated heterocycles. The molecule has 0 saturated carbocycles. The quantitative estimate of drug-likeness (QED) is 0.0291. The highest BCUT2D eigenvalue weighted by Gasteiger charge is 2.19. The molecule has 0 aromatic heterocycles. The van der Waals surface area contributed by atoms with Gasteiger partial charge in [0.2, 0.25) is 11.8 Å². The zero-order chi connectivity index (χ0) is 36.2. The Morgan fingerprint density at radius 3 is 1.59 bits per heavy atom. The number of nitrogens with one attached hydrogen (secondary N) is 2. The van der Waals surface area contributed by atoms with Gasteiger partial charge < -0.3 is 25.6 Å². The van der Waals surface area contributed by atoms with E-state index in [1.54, 1.807) is 0 Å². The third-order valence-electron chi connectivity index (χ3n) is 9.01. The molecule has 2 atom stereocenters. The number of carboxylic acids is 1. The van der Waals surface area contributed by atoms with Crippen LogP contribution in [-0.4, -0.2) is 59.3 Å². The second-order valence-electron chi connectivity index (χ2n) is 13.7. The smallest absolute Gasteiger partial charge is 0.328 e. The largest absolute Gasteiger partial charge is 0.480 e. The topological polar surface area (TPSA) is 142 Å². The van der Waals surface area contributed by atoms with Gasteiger partial charge in [0.25, 0.3) is 0 Å². The van der Waals surface area contributed by atoms with Gasteiger partial charge in [-0.1, -0.05) is 135 Å². The second kappa shape index (κ2) is 35.4. The van der Waals surface area contributed by atoms with E-state index in [-0.39, 0.29) is 30.9 Å². The molecule has 0 bridgehead atoms. The summed E-state index contributed by atoms with van der Waals surface area (Å²) in [7, 11) is 0. The van der Waals surface area contributed by atoms with Crippen LogP contribution in [0.3, 0.4) is 0 Å². The summed E-state index contributed by atoms with van der Waals surface area (Å²) in [5.74, 6) is -2.39. The summed E-state index contributed by atoms with van der Waals surface area (Å²) in [6.45, 7) is 3.34. The van der Waals surface area contributed by atoms with Gasteiger partial charge in [-0.15, -0.1) is 0 Å². The van der Waals surface area contributed by atoms with Crippen molar-refractivity contribution in [3.8, 4) is 0 Å². The molecular formula is C40H74N2O7. The number of rotatable bonds is 36. The molecule has 2 amide bonds. The minimum atomic E-state index is -1.39. The fourth-order valence-corrected chi connectivity index (χ4v) is 5.87. The normalized spacial score (nSPS) is 12.6. The van der Waals surface area contributed by atoms with Crippen LogP contribution >= 0.6 is 0 Å². The SMILES string of the molecule is CCCCCCCCCC/C=C\CCCCCCCCCCCC(=O)OC(CCCC)CCCCCC(=O)NCC(=O)NC(CO)C(=O)O. The van der Waals surface area contributed by atoms with Gasteiger partial charge in [0.1, 0.15) is 12.1 Å². The molecule has 9 nitrogen and oxygen atoms in total. The van der Waals surface area contributed by atoms with Crippen molar-refractivity contribution in [2.45, 2.75) is 206 Å². The predicted octanol–water partition coefficient (Wildman–Crippen LogP) is 9.09. The summed E-state index contributed by atoms with van der Waals surface area (Å²) in [5, 5.41) is 22.4. The number of carbonyl (C=O) groups is 4. The third-order valence-corrected chi connectivity index (χ3v) is 9.01. The van der Waals surface area contributed by atoms with Gasteiger partial charge in [-0.25, -0.2) is 4.79 Å². The lowest BCUT2D eigenvalue weighted by atomic mass is 10.0. The third kappa shape index (κ3) is 32.5. The Kier molecular flexibility index (Phi) is 33.7. The highest BCUT2D eigenvalue weighted by Crippen LogP contribution is 2.17. The molecule has 0 aliphatic rings. The maximum atomic E-state index is 12.5. The first kappa shape index (κ1) is 46.6. The first-order chi connectivity index (χ1) is 23.8. The molecule has 0 aromatic rings. The summed E-state index contributed by atoms with van der Waals surface area (Å²) in [6, 6.07) is -1.39. The Bertz CT molecular complexity index is 848. The van der Waals surface area contributed by atoms with Crippen molar-refractivity contribution in [1.29, 1.82) is 0 Å². The fourth-order valence-electron chi connectivity index (χ4n) is 5.87. The molecule has 0 aliphatic heterocycles. The Morgan fingerprint density at radius 1 is 0.592 bits per heavy atom.